The molecule has 2 aliphatic rings. The molecular weight excluding hydrogens is 540 g/mol. The maximum absolute atomic E-state index is 13.2. The number of aryl methyl sites for hydroxylation is 1. The molecule has 1 aromatic carbocycles. The Morgan fingerprint density at radius 1 is 1.18 bits per heavy atom. The monoisotopic (exact) mass is 576 g/mol. The largest absolute Gasteiger partial charge is 0.492 e. The van der Waals surface area contributed by atoms with Gasteiger partial charge in [-0.25, -0.2) is 9.78 Å². The number of nitrogens with one attached hydrogen (secondary N) is 1. The number of hydrogen-bond donors (Lipinski definition) is 2. The van der Waals surface area contributed by atoms with E-state index in [1.165, 1.54) is 17.9 Å². The summed E-state index contributed by atoms with van der Waals surface area (Å²) in [6.07, 6.45) is 3.16. The molecule has 0 unspecified atom stereocenters. The van der Waals surface area contributed by atoms with E-state index in [1.54, 1.807) is 42.8 Å². The normalized spacial score (nSPS) is 22.3. The van der Waals surface area contributed by atoms with Crippen LogP contribution in [0.5, 0.6) is 5.75 Å². The van der Waals surface area contributed by atoms with Crippen molar-refractivity contribution in [3.05, 3.63) is 57.0 Å². The van der Waals surface area contributed by atoms with Crippen LogP contribution in [0, 0.1) is 0 Å². The number of aliphatic hydroxyl groups is 1. The Hall–Kier alpha value is -3.19. The number of aromatic nitrogens is 4. The molecule has 2 atom stereocenters. The fraction of sp³-hybridized carbons (Fsp3) is 0.556. The average molecular weight is 577 g/mol. The summed E-state index contributed by atoms with van der Waals surface area (Å²) in [6, 6.07) is 6.67. The van der Waals surface area contributed by atoms with E-state index in [4.69, 9.17) is 9.47 Å². The molecule has 40 heavy (non-hydrogen) atoms. The van der Waals surface area contributed by atoms with E-state index >= 15 is 0 Å². The predicted octanol–water partition coefficient (Wildman–Crippen LogP) is 0.841. The van der Waals surface area contributed by atoms with Crippen molar-refractivity contribution < 1.29 is 19.4 Å². The molecule has 12 nitrogen and oxygen atoms in total. The second-order valence-corrected chi connectivity index (χ2v) is 10.8. The molecule has 13 heteroatoms. The first kappa shape index (κ1) is 29.8. The molecule has 5 rings (SSSR count). The molecule has 2 aromatic heterocycles. The Balaban J connectivity index is 0.00000370. The fourth-order valence-electron chi connectivity index (χ4n) is 5.64. The standard InChI is InChI=1S/C27H36N6O6.ClH/c1-26(37)16-39-27(15-20(26)33-17-29-22-21(33)24(35)31(4)25(36)30(22)3)9-12-32(13-10-27)23(34)18-5-7-19(8-6-18)38-14-11-28-2;/h5-8,17,20,28,37H,9-16H2,1-4H3;1H/t20-,26-;/m0./s1. The first-order valence-electron chi connectivity index (χ1n) is 13.2. The van der Waals surface area contributed by atoms with Crippen molar-refractivity contribution in [2.75, 3.05) is 39.9 Å². The van der Waals surface area contributed by atoms with Gasteiger partial charge in [0.15, 0.2) is 11.2 Å². The molecule has 0 saturated carbocycles. The Kier molecular flexibility index (Phi) is 8.46. The Labute approximate surface area is 237 Å². The number of likely N-dealkylation sites (N-methyl/N-ethyl adjacent to an activating group) is 1. The molecule has 0 radical (unpaired) electrons. The molecule has 1 spiro atoms. The number of imidazole rings is 1. The molecule has 4 heterocycles. The van der Waals surface area contributed by atoms with E-state index in [0.717, 1.165) is 16.9 Å². The van der Waals surface area contributed by atoms with Crippen LogP contribution in [0.3, 0.4) is 0 Å². The van der Waals surface area contributed by atoms with Crippen LogP contribution in [0.15, 0.2) is 40.2 Å². The lowest BCUT2D eigenvalue weighted by molar-refractivity contribution is -0.198. The number of amides is 1. The zero-order valence-corrected chi connectivity index (χ0v) is 24.1. The number of nitrogens with zero attached hydrogens (tertiary/aromatic N) is 5. The number of halogens is 1. The highest BCUT2D eigenvalue weighted by molar-refractivity contribution is 5.94. The van der Waals surface area contributed by atoms with Gasteiger partial charge in [0, 0.05) is 45.7 Å². The van der Waals surface area contributed by atoms with Crippen molar-refractivity contribution in [3.63, 3.8) is 0 Å². The number of carbonyl (C=O) groups is 1. The molecular formula is C27H37ClN6O6. The number of piperidine rings is 1. The van der Waals surface area contributed by atoms with Crippen LogP contribution in [0.1, 0.15) is 42.6 Å². The summed E-state index contributed by atoms with van der Waals surface area (Å²) in [6.45, 7) is 4.07. The summed E-state index contributed by atoms with van der Waals surface area (Å²) in [5.74, 6) is 0.672. The van der Waals surface area contributed by atoms with Crippen LogP contribution in [0.25, 0.3) is 11.2 Å². The highest BCUT2D eigenvalue weighted by Gasteiger charge is 2.50. The second kappa shape index (κ2) is 11.4. The first-order chi connectivity index (χ1) is 18.6. The summed E-state index contributed by atoms with van der Waals surface area (Å²) < 4.78 is 16.0. The van der Waals surface area contributed by atoms with Gasteiger partial charge in [-0.05, 0) is 51.1 Å². The summed E-state index contributed by atoms with van der Waals surface area (Å²) in [4.78, 5) is 44.8. The summed E-state index contributed by atoms with van der Waals surface area (Å²) in [7, 11) is 4.87. The third-order valence-electron chi connectivity index (χ3n) is 8.15. The quantitative estimate of drug-likeness (QED) is 0.413. The maximum atomic E-state index is 13.2. The molecule has 2 N–H and O–H groups in total. The molecule has 2 aliphatic heterocycles. The predicted molar refractivity (Wildman–Crippen MR) is 151 cm³/mol. The zero-order chi connectivity index (χ0) is 27.9. The maximum Gasteiger partial charge on any atom is 0.332 e. The molecule has 3 aromatic rings. The number of likely N-dealkylation sites (tertiary alicyclic amines) is 1. The SMILES string of the molecule is CNCCOc1ccc(C(=O)N2CCC3(CC2)C[C@H](n2cnc4c2c(=O)n(C)c(=O)n4C)[C@@](C)(O)CO3)cc1.Cl. The van der Waals surface area contributed by atoms with E-state index in [1.807, 2.05) is 11.9 Å². The Morgan fingerprint density at radius 3 is 2.50 bits per heavy atom. The van der Waals surface area contributed by atoms with Gasteiger partial charge in [-0.3, -0.25) is 18.7 Å². The van der Waals surface area contributed by atoms with Crippen LogP contribution in [-0.2, 0) is 18.8 Å². The van der Waals surface area contributed by atoms with Gasteiger partial charge in [-0.15, -0.1) is 12.4 Å². The summed E-state index contributed by atoms with van der Waals surface area (Å²) in [5.41, 5.74) is -1.59. The number of benzene rings is 1. The second-order valence-electron chi connectivity index (χ2n) is 10.8. The number of rotatable bonds is 6. The van der Waals surface area contributed by atoms with E-state index in [0.29, 0.717) is 44.5 Å². The van der Waals surface area contributed by atoms with Gasteiger partial charge < -0.3 is 29.4 Å². The average Bonchev–Trinajstić information content (AvgIpc) is 3.38. The third-order valence-corrected chi connectivity index (χ3v) is 8.15. The van der Waals surface area contributed by atoms with Gasteiger partial charge in [0.2, 0.25) is 0 Å². The van der Waals surface area contributed by atoms with Gasteiger partial charge in [0.1, 0.15) is 18.0 Å². The molecule has 2 saturated heterocycles. The van der Waals surface area contributed by atoms with Gasteiger partial charge >= 0.3 is 5.69 Å². The van der Waals surface area contributed by atoms with E-state index < -0.39 is 28.5 Å². The van der Waals surface area contributed by atoms with Crippen molar-refractivity contribution >= 4 is 29.5 Å². The van der Waals surface area contributed by atoms with Crippen LogP contribution >= 0.6 is 12.4 Å². The molecule has 2 fully saturated rings. The minimum atomic E-state index is -1.26. The van der Waals surface area contributed by atoms with Crippen LogP contribution < -0.4 is 21.3 Å². The Morgan fingerprint density at radius 2 is 1.85 bits per heavy atom. The third kappa shape index (κ3) is 5.28. The first-order valence-corrected chi connectivity index (χ1v) is 13.2. The number of fused-ring (bicyclic) bond motifs is 1. The van der Waals surface area contributed by atoms with Crippen molar-refractivity contribution in [1.82, 2.24) is 28.9 Å². The van der Waals surface area contributed by atoms with E-state index in [-0.39, 0.29) is 36.1 Å². The topological polar surface area (TPSA) is 133 Å². The van der Waals surface area contributed by atoms with Crippen molar-refractivity contribution in [1.29, 1.82) is 0 Å². The zero-order valence-electron chi connectivity index (χ0n) is 23.3. The molecule has 1 amide bonds. The van der Waals surface area contributed by atoms with Crippen LogP contribution in [0.2, 0.25) is 0 Å². The summed E-state index contributed by atoms with van der Waals surface area (Å²) in [5, 5.41) is 14.3. The minimum absolute atomic E-state index is 0. The van der Waals surface area contributed by atoms with Crippen molar-refractivity contribution in [2.24, 2.45) is 14.1 Å². The highest BCUT2D eigenvalue weighted by atomic mass is 35.5. The lowest BCUT2D eigenvalue weighted by atomic mass is 9.77. The van der Waals surface area contributed by atoms with Gasteiger partial charge in [-0.1, -0.05) is 0 Å². The van der Waals surface area contributed by atoms with E-state index in [9.17, 15) is 19.5 Å². The highest BCUT2D eigenvalue weighted by Crippen LogP contribution is 2.44. The summed E-state index contributed by atoms with van der Waals surface area (Å²) >= 11 is 0. The number of carbonyl (C=O) groups excluding carboxylic acids is 1. The molecule has 0 bridgehead atoms. The van der Waals surface area contributed by atoms with Crippen LogP contribution in [0.4, 0.5) is 0 Å². The Bertz CT molecular complexity index is 1490. The van der Waals surface area contributed by atoms with Crippen LogP contribution in [-0.4, -0.2) is 85.7 Å². The minimum Gasteiger partial charge on any atom is -0.492 e. The van der Waals surface area contributed by atoms with E-state index in [2.05, 4.69) is 10.3 Å². The lowest BCUT2D eigenvalue weighted by Gasteiger charge is -2.51. The number of ether oxygens (including phenoxy) is 2. The molecule has 218 valence electrons. The van der Waals surface area contributed by atoms with Gasteiger partial charge in [0.25, 0.3) is 11.5 Å². The van der Waals surface area contributed by atoms with Gasteiger partial charge in [-0.2, -0.15) is 0 Å². The fourth-order valence-corrected chi connectivity index (χ4v) is 5.64. The van der Waals surface area contributed by atoms with Crippen molar-refractivity contribution in [2.45, 2.75) is 43.4 Å². The number of hydrogen-bond acceptors (Lipinski definition) is 8. The smallest absolute Gasteiger partial charge is 0.332 e. The molecule has 0 aliphatic carbocycles. The lowest BCUT2D eigenvalue weighted by Crippen LogP contribution is -2.57. The van der Waals surface area contributed by atoms with Crippen molar-refractivity contribution in [3.8, 4) is 5.75 Å². The van der Waals surface area contributed by atoms with Gasteiger partial charge in [0.05, 0.1) is 24.6 Å².